The molecule has 0 aromatic heterocycles. The number of carbonyl (C=O) groups excluding carboxylic acids is 1. The maximum absolute atomic E-state index is 13.5. The smallest absolute Gasteiger partial charge is 0.230 e. The van der Waals surface area contributed by atoms with Crippen molar-refractivity contribution >= 4 is 17.5 Å². The van der Waals surface area contributed by atoms with Gasteiger partial charge >= 0.3 is 0 Å². The van der Waals surface area contributed by atoms with Crippen molar-refractivity contribution in [3.05, 3.63) is 106 Å². The third-order valence-electron chi connectivity index (χ3n) is 6.74. The molecule has 0 heterocycles. The van der Waals surface area contributed by atoms with Crippen LogP contribution >= 0.6 is 11.6 Å². The molecule has 32 heavy (non-hydrogen) atoms. The number of carbonyl (C=O) groups is 1. The van der Waals surface area contributed by atoms with Gasteiger partial charge in [0.15, 0.2) is 0 Å². The maximum atomic E-state index is 13.5. The molecule has 2 unspecified atom stereocenters. The molecular weight excluding hydrogens is 416 g/mol. The van der Waals surface area contributed by atoms with Crippen LogP contribution in [0.4, 0.5) is 0 Å². The Morgan fingerprint density at radius 3 is 2.41 bits per heavy atom. The molecule has 4 rings (SSSR count). The minimum atomic E-state index is -0.436. The average Bonchev–Trinajstić information content (AvgIpc) is 2.78. The summed E-state index contributed by atoms with van der Waals surface area (Å²) < 4.78 is 0. The number of hydrogen-bond acceptors (Lipinski definition) is 2. The Morgan fingerprint density at radius 1 is 1.06 bits per heavy atom. The second-order valence-corrected chi connectivity index (χ2v) is 9.17. The van der Waals surface area contributed by atoms with Gasteiger partial charge in [-0.15, -0.1) is 0 Å². The third-order valence-corrected chi connectivity index (χ3v) is 7.00. The number of benzene rings is 3. The van der Waals surface area contributed by atoms with Crippen molar-refractivity contribution in [2.24, 2.45) is 0 Å². The van der Waals surface area contributed by atoms with Gasteiger partial charge in [0.2, 0.25) is 5.91 Å². The summed E-state index contributed by atoms with van der Waals surface area (Å²) in [7, 11) is 0. The molecule has 0 radical (unpaired) electrons. The molecule has 1 N–H and O–H groups in total. The first-order chi connectivity index (χ1) is 15.5. The molecule has 1 saturated carbocycles. The lowest BCUT2D eigenvalue weighted by atomic mass is 9.63. The fraction of sp³-hybridized carbons (Fsp3) is 0.286. The lowest BCUT2D eigenvalue weighted by Crippen LogP contribution is -2.52. The van der Waals surface area contributed by atoms with Crippen LogP contribution in [-0.4, -0.2) is 11.9 Å². The maximum Gasteiger partial charge on any atom is 0.230 e. The van der Waals surface area contributed by atoms with Gasteiger partial charge in [0, 0.05) is 17.0 Å². The van der Waals surface area contributed by atoms with Crippen molar-refractivity contribution in [2.75, 3.05) is 0 Å². The van der Waals surface area contributed by atoms with E-state index in [1.54, 1.807) is 0 Å². The van der Waals surface area contributed by atoms with Crippen molar-refractivity contribution in [3.63, 3.8) is 0 Å². The van der Waals surface area contributed by atoms with E-state index in [0.717, 1.165) is 42.4 Å². The Balaban J connectivity index is 1.60. The lowest BCUT2D eigenvalue weighted by molar-refractivity contribution is -0.130. The van der Waals surface area contributed by atoms with Crippen LogP contribution in [-0.2, 0) is 16.6 Å². The molecule has 3 nitrogen and oxygen atoms in total. The van der Waals surface area contributed by atoms with E-state index < -0.39 is 5.41 Å². The fourth-order valence-electron chi connectivity index (χ4n) is 4.68. The molecule has 1 aliphatic rings. The number of nitrogens with zero attached hydrogens (tertiary/aromatic N) is 1. The van der Waals surface area contributed by atoms with E-state index in [1.807, 2.05) is 66.7 Å². The highest BCUT2D eigenvalue weighted by Gasteiger charge is 2.46. The summed E-state index contributed by atoms with van der Waals surface area (Å²) in [5.41, 5.74) is 3.48. The molecule has 2 atom stereocenters. The van der Waals surface area contributed by atoms with Crippen molar-refractivity contribution in [1.82, 2.24) is 5.32 Å². The lowest BCUT2D eigenvalue weighted by Gasteiger charge is -2.42. The van der Waals surface area contributed by atoms with Crippen molar-refractivity contribution in [1.29, 1.82) is 5.26 Å². The predicted octanol–water partition coefficient (Wildman–Crippen LogP) is 6.16. The Hall–Kier alpha value is -3.09. The predicted molar refractivity (Wildman–Crippen MR) is 129 cm³/mol. The zero-order valence-electron chi connectivity index (χ0n) is 18.2. The molecule has 3 aromatic rings. The largest absolute Gasteiger partial charge is 0.352 e. The zero-order chi connectivity index (χ0) is 22.6. The normalized spacial score (nSPS) is 16.3. The number of rotatable bonds is 7. The summed E-state index contributed by atoms with van der Waals surface area (Å²) in [4.78, 5) is 13.5. The molecule has 0 spiro atoms. The second kappa shape index (κ2) is 9.59. The van der Waals surface area contributed by atoms with Crippen LogP contribution in [0.1, 0.15) is 54.4 Å². The number of hydrogen-bond donors (Lipinski definition) is 1. The molecule has 1 aliphatic carbocycles. The Labute approximate surface area is 195 Å². The summed E-state index contributed by atoms with van der Waals surface area (Å²) in [6, 6.07) is 27.8. The standard InChI is InChI=1S/C28H27ClN2O/c1-20(31-27(32)28(15-6-16-28)24-9-3-2-4-10-24)26(18-21-11-13-25(29)14-12-21)23-8-5-7-22(17-23)19-30/h2-5,7-14,17,20,26H,6,15-16,18H2,1H3,(H,31,32). The monoisotopic (exact) mass is 442 g/mol. The average molecular weight is 443 g/mol. The number of nitriles is 1. The Kier molecular flexibility index (Phi) is 6.63. The van der Waals surface area contributed by atoms with E-state index in [4.69, 9.17) is 11.6 Å². The van der Waals surface area contributed by atoms with Gasteiger partial charge in [-0.1, -0.05) is 72.6 Å². The van der Waals surface area contributed by atoms with Crippen LogP contribution in [0.25, 0.3) is 0 Å². The summed E-state index contributed by atoms with van der Waals surface area (Å²) in [6.45, 7) is 2.06. The van der Waals surface area contributed by atoms with Gasteiger partial charge in [-0.25, -0.2) is 0 Å². The molecule has 1 amide bonds. The molecular formula is C28H27ClN2O. The molecule has 1 fully saturated rings. The molecule has 162 valence electrons. The summed E-state index contributed by atoms with van der Waals surface area (Å²) in [5, 5.41) is 13.4. The first-order valence-corrected chi connectivity index (χ1v) is 11.5. The number of halogens is 1. The van der Waals surface area contributed by atoms with Crippen molar-refractivity contribution in [3.8, 4) is 6.07 Å². The van der Waals surface area contributed by atoms with Crippen LogP contribution < -0.4 is 5.32 Å². The van der Waals surface area contributed by atoms with Gasteiger partial charge in [-0.2, -0.15) is 5.26 Å². The second-order valence-electron chi connectivity index (χ2n) is 8.74. The summed E-state index contributed by atoms with van der Waals surface area (Å²) in [5.74, 6) is 0.126. The molecule has 0 bridgehead atoms. The minimum absolute atomic E-state index is 0.0290. The van der Waals surface area contributed by atoms with E-state index in [-0.39, 0.29) is 17.9 Å². The Bertz CT molecular complexity index is 1110. The van der Waals surface area contributed by atoms with Crippen LogP contribution in [0.5, 0.6) is 0 Å². The van der Waals surface area contributed by atoms with Gasteiger partial charge in [-0.05, 0) is 67.1 Å². The molecule has 0 aliphatic heterocycles. The van der Waals surface area contributed by atoms with Crippen molar-refractivity contribution < 1.29 is 4.79 Å². The first kappa shape index (κ1) is 22.1. The quantitative estimate of drug-likeness (QED) is 0.476. The van der Waals surface area contributed by atoms with E-state index >= 15 is 0 Å². The van der Waals surface area contributed by atoms with Gasteiger partial charge in [0.1, 0.15) is 0 Å². The zero-order valence-corrected chi connectivity index (χ0v) is 19.0. The van der Waals surface area contributed by atoms with E-state index in [2.05, 4.69) is 30.4 Å². The van der Waals surface area contributed by atoms with Gasteiger partial charge in [0.05, 0.1) is 17.0 Å². The summed E-state index contributed by atoms with van der Waals surface area (Å²) >= 11 is 6.07. The fourth-order valence-corrected chi connectivity index (χ4v) is 4.80. The first-order valence-electron chi connectivity index (χ1n) is 11.1. The van der Waals surface area contributed by atoms with Crippen LogP contribution in [0.2, 0.25) is 5.02 Å². The van der Waals surface area contributed by atoms with Crippen LogP contribution in [0, 0.1) is 11.3 Å². The van der Waals surface area contributed by atoms with Crippen LogP contribution in [0.15, 0.2) is 78.9 Å². The van der Waals surface area contributed by atoms with E-state index in [0.29, 0.717) is 10.6 Å². The highest BCUT2D eigenvalue weighted by atomic mass is 35.5. The highest BCUT2D eigenvalue weighted by Crippen LogP contribution is 2.44. The summed E-state index contributed by atoms with van der Waals surface area (Å²) in [6.07, 6.45) is 3.56. The molecule has 0 saturated heterocycles. The number of nitrogens with one attached hydrogen (secondary N) is 1. The SMILES string of the molecule is CC(NC(=O)C1(c2ccccc2)CCC1)C(Cc1ccc(Cl)cc1)c1cccc(C#N)c1. The third kappa shape index (κ3) is 4.56. The Morgan fingerprint density at radius 2 is 1.78 bits per heavy atom. The van der Waals surface area contributed by atoms with Gasteiger partial charge in [-0.3, -0.25) is 4.79 Å². The van der Waals surface area contributed by atoms with E-state index in [9.17, 15) is 10.1 Å². The van der Waals surface area contributed by atoms with Crippen molar-refractivity contribution in [2.45, 2.75) is 50.0 Å². The van der Waals surface area contributed by atoms with E-state index in [1.165, 1.54) is 0 Å². The molecule has 3 aromatic carbocycles. The highest BCUT2D eigenvalue weighted by molar-refractivity contribution is 6.30. The topological polar surface area (TPSA) is 52.9 Å². The van der Waals surface area contributed by atoms with Crippen LogP contribution in [0.3, 0.4) is 0 Å². The number of amides is 1. The molecule has 4 heteroatoms. The minimum Gasteiger partial charge on any atom is -0.352 e. The van der Waals surface area contributed by atoms with Gasteiger partial charge in [0.25, 0.3) is 0 Å². The van der Waals surface area contributed by atoms with Gasteiger partial charge < -0.3 is 5.32 Å².